The van der Waals surface area contributed by atoms with E-state index < -0.39 is 0 Å². The number of likely N-dealkylation sites (tertiary alicyclic amines) is 2. The predicted molar refractivity (Wildman–Crippen MR) is 81.8 cm³/mol. The summed E-state index contributed by atoms with van der Waals surface area (Å²) in [4.78, 5) is 16.8. The highest BCUT2D eigenvalue weighted by molar-refractivity contribution is 5.78. The summed E-state index contributed by atoms with van der Waals surface area (Å²) in [6.45, 7) is 5.89. The number of hydrogen-bond donors (Lipinski definition) is 2. The number of carbonyl (C=O) groups is 1. The number of carbonyl (C=O) groups excluding carboxylic acids is 1. The lowest BCUT2D eigenvalue weighted by Crippen LogP contribution is -2.61. The van der Waals surface area contributed by atoms with Gasteiger partial charge in [0.2, 0.25) is 5.91 Å². The summed E-state index contributed by atoms with van der Waals surface area (Å²) in [5.41, 5.74) is 0.191. The van der Waals surface area contributed by atoms with Gasteiger partial charge in [-0.15, -0.1) is 0 Å². The Balaban J connectivity index is 1.97. The van der Waals surface area contributed by atoms with Gasteiger partial charge in [-0.2, -0.15) is 0 Å². The third-order valence-corrected chi connectivity index (χ3v) is 4.90. The van der Waals surface area contributed by atoms with E-state index in [1.54, 1.807) is 0 Å². The second kappa shape index (κ2) is 7.38. The zero-order valence-electron chi connectivity index (χ0n) is 13.1. The fraction of sp³-hybridized carbons (Fsp3) is 0.933. The van der Waals surface area contributed by atoms with Gasteiger partial charge < -0.3 is 15.5 Å². The van der Waals surface area contributed by atoms with Gasteiger partial charge in [0.05, 0.1) is 6.54 Å². The Hall–Kier alpha value is -0.650. The van der Waals surface area contributed by atoms with Crippen LogP contribution in [0.5, 0.6) is 0 Å². The van der Waals surface area contributed by atoms with Gasteiger partial charge in [0.25, 0.3) is 0 Å². The molecular formula is C15H30N4O. The Morgan fingerprint density at radius 1 is 1.10 bits per heavy atom. The van der Waals surface area contributed by atoms with E-state index in [9.17, 15) is 4.79 Å². The van der Waals surface area contributed by atoms with Crippen molar-refractivity contribution in [2.75, 3.05) is 53.4 Å². The fourth-order valence-corrected chi connectivity index (χ4v) is 3.49. The van der Waals surface area contributed by atoms with E-state index in [-0.39, 0.29) is 11.4 Å². The lowest BCUT2D eigenvalue weighted by Gasteiger charge is -2.50. The molecule has 2 aliphatic rings. The molecule has 2 N–H and O–H groups in total. The van der Waals surface area contributed by atoms with E-state index in [1.165, 1.54) is 45.2 Å². The fourth-order valence-electron chi connectivity index (χ4n) is 3.49. The van der Waals surface area contributed by atoms with Crippen molar-refractivity contribution < 1.29 is 4.79 Å². The maximum Gasteiger partial charge on any atom is 0.234 e. The molecule has 5 nitrogen and oxygen atoms in total. The number of likely N-dealkylation sites (N-methyl/N-ethyl adjacent to an activating group) is 1. The molecule has 1 amide bonds. The number of nitrogens with one attached hydrogen (secondary N) is 2. The molecule has 0 radical (unpaired) electrons. The third-order valence-electron chi connectivity index (χ3n) is 4.90. The van der Waals surface area contributed by atoms with Crippen LogP contribution >= 0.6 is 0 Å². The molecule has 2 rings (SSSR count). The van der Waals surface area contributed by atoms with E-state index in [0.717, 1.165) is 19.6 Å². The largest absolute Gasteiger partial charge is 0.353 e. The number of amides is 1. The van der Waals surface area contributed by atoms with Crippen LogP contribution in [0.3, 0.4) is 0 Å². The summed E-state index contributed by atoms with van der Waals surface area (Å²) in [6, 6.07) is 0. The van der Waals surface area contributed by atoms with Crippen LogP contribution in [-0.2, 0) is 4.79 Å². The second-order valence-corrected chi connectivity index (χ2v) is 6.38. The predicted octanol–water partition coefficient (Wildman–Crippen LogP) is 0.272. The first kappa shape index (κ1) is 15.7. The van der Waals surface area contributed by atoms with Crippen LogP contribution in [0, 0.1) is 0 Å². The Kier molecular flexibility index (Phi) is 5.81. The van der Waals surface area contributed by atoms with E-state index in [0.29, 0.717) is 6.54 Å². The van der Waals surface area contributed by atoms with Crippen LogP contribution < -0.4 is 10.6 Å². The van der Waals surface area contributed by atoms with Gasteiger partial charge in [0.15, 0.2) is 0 Å². The highest BCUT2D eigenvalue weighted by atomic mass is 16.1. The number of piperidine rings is 2. The molecule has 0 aromatic heterocycles. The smallest absolute Gasteiger partial charge is 0.234 e. The van der Waals surface area contributed by atoms with E-state index in [4.69, 9.17) is 0 Å². The highest BCUT2D eigenvalue weighted by Gasteiger charge is 2.39. The quantitative estimate of drug-likeness (QED) is 0.760. The van der Waals surface area contributed by atoms with Crippen LogP contribution in [0.15, 0.2) is 0 Å². The molecule has 0 aromatic rings. The summed E-state index contributed by atoms with van der Waals surface area (Å²) in [6.07, 6.45) is 6.31. The van der Waals surface area contributed by atoms with Crippen molar-refractivity contribution in [3.63, 3.8) is 0 Å². The topological polar surface area (TPSA) is 47.6 Å². The molecule has 0 aliphatic carbocycles. The molecule has 0 spiro atoms. The molecule has 0 bridgehead atoms. The van der Waals surface area contributed by atoms with Crippen LogP contribution in [0.25, 0.3) is 0 Å². The molecular weight excluding hydrogens is 252 g/mol. The molecule has 20 heavy (non-hydrogen) atoms. The van der Waals surface area contributed by atoms with Crippen molar-refractivity contribution >= 4 is 5.91 Å². The van der Waals surface area contributed by atoms with E-state index in [1.807, 2.05) is 7.05 Å². The van der Waals surface area contributed by atoms with Gasteiger partial charge in [0.1, 0.15) is 0 Å². The molecule has 0 unspecified atom stereocenters. The normalized spacial score (nSPS) is 24.5. The lowest BCUT2D eigenvalue weighted by atomic mass is 9.84. The van der Waals surface area contributed by atoms with Crippen LogP contribution in [0.4, 0.5) is 0 Å². The first-order chi connectivity index (χ1) is 9.66. The number of hydrogen-bond acceptors (Lipinski definition) is 4. The average molecular weight is 282 g/mol. The van der Waals surface area contributed by atoms with E-state index in [2.05, 4.69) is 27.5 Å². The summed E-state index contributed by atoms with van der Waals surface area (Å²) in [7, 11) is 4.01. The molecule has 0 aromatic carbocycles. The van der Waals surface area contributed by atoms with Crippen molar-refractivity contribution in [1.29, 1.82) is 0 Å². The summed E-state index contributed by atoms with van der Waals surface area (Å²) in [5.74, 6) is 0.114. The standard InChI is InChI=1S/C15H30N4O/c1-16-12-14(20)17-13-15(6-10-18(2)11-7-15)19-8-4-3-5-9-19/h16H,3-13H2,1-2H3,(H,17,20). The van der Waals surface area contributed by atoms with Gasteiger partial charge in [-0.3, -0.25) is 9.69 Å². The summed E-state index contributed by atoms with van der Waals surface area (Å²) >= 11 is 0. The van der Waals surface area contributed by atoms with Crippen molar-refractivity contribution in [3.8, 4) is 0 Å². The molecule has 2 heterocycles. The Morgan fingerprint density at radius 2 is 1.75 bits per heavy atom. The second-order valence-electron chi connectivity index (χ2n) is 6.38. The zero-order chi connectivity index (χ0) is 14.4. The number of nitrogens with zero attached hydrogens (tertiary/aromatic N) is 2. The molecule has 5 heteroatoms. The van der Waals surface area contributed by atoms with Crippen molar-refractivity contribution in [2.45, 2.75) is 37.6 Å². The lowest BCUT2D eigenvalue weighted by molar-refractivity contribution is -0.121. The van der Waals surface area contributed by atoms with Crippen molar-refractivity contribution in [2.24, 2.45) is 0 Å². The van der Waals surface area contributed by atoms with Gasteiger partial charge in [-0.25, -0.2) is 0 Å². The first-order valence-electron chi connectivity index (χ1n) is 8.01. The molecule has 2 saturated heterocycles. The van der Waals surface area contributed by atoms with Crippen molar-refractivity contribution in [1.82, 2.24) is 20.4 Å². The first-order valence-corrected chi connectivity index (χ1v) is 8.01. The van der Waals surface area contributed by atoms with Crippen LogP contribution in [-0.4, -0.2) is 74.6 Å². The summed E-state index contributed by atoms with van der Waals surface area (Å²) < 4.78 is 0. The maximum atomic E-state index is 11.8. The molecule has 0 saturated carbocycles. The zero-order valence-corrected chi connectivity index (χ0v) is 13.1. The summed E-state index contributed by atoms with van der Waals surface area (Å²) in [5, 5.41) is 6.07. The van der Waals surface area contributed by atoms with Gasteiger partial charge in [-0.05, 0) is 66.0 Å². The third kappa shape index (κ3) is 3.93. The molecule has 116 valence electrons. The molecule has 2 fully saturated rings. The van der Waals surface area contributed by atoms with Crippen LogP contribution in [0.2, 0.25) is 0 Å². The Labute approximate surface area is 123 Å². The SMILES string of the molecule is CNCC(=O)NCC1(N2CCCCC2)CCN(C)CC1. The minimum atomic E-state index is 0.114. The Morgan fingerprint density at radius 3 is 2.35 bits per heavy atom. The number of rotatable bonds is 5. The maximum absolute atomic E-state index is 11.8. The Bertz CT molecular complexity index is 307. The monoisotopic (exact) mass is 282 g/mol. The average Bonchev–Trinajstić information content (AvgIpc) is 2.48. The molecule has 0 atom stereocenters. The minimum absolute atomic E-state index is 0.114. The van der Waals surface area contributed by atoms with Crippen LogP contribution in [0.1, 0.15) is 32.1 Å². The van der Waals surface area contributed by atoms with Crippen molar-refractivity contribution in [3.05, 3.63) is 0 Å². The van der Waals surface area contributed by atoms with Gasteiger partial charge in [0, 0.05) is 12.1 Å². The molecule has 2 aliphatic heterocycles. The highest BCUT2D eigenvalue weighted by Crippen LogP contribution is 2.30. The van der Waals surface area contributed by atoms with E-state index >= 15 is 0 Å². The van der Waals surface area contributed by atoms with Gasteiger partial charge in [-0.1, -0.05) is 6.42 Å². The minimum Gasteiger partial charge on any atom is -0.353 e. The van der Waals surface area contributed by atoms with Gasteiger partial charge >= 0.3 is 0 Å².